The van der Waals surface area contributed by atoms with E-state index in [2.05, 4.69) is 77.6 Å². The molecule has 0 aliphatic rings. The average molecular weight is 952 g/mol. The van der Waals surface area contributed by atoms with E-state index in [0.717, 1.165) is 16.9 Å². The maximum atomic E-state index is 11.9. The van der Waals surface area contributed by atoms with Crippen molar-refractivity contribution in [3.05, 3.63) is 101 Å². The SMILES string of the molecule is CC(C)c1cc(Oc2c(Br)cc(C(=O)NS(N)(=O)=O)cc2Br)ccc1O.COc1ccc(Oc2c(Br)cc(C(=O)O)cc2Br)cc1C(C)C. The number of phenols is 1. The Balaban J connectivity index is 0.000000267. The van der Waals surface area contributed by atoms with Crippen molar-refractivity contribution in [3.63, 3.8) is 0 Å². The van der Waals surface area contributed by atoms with Crippen LogP contribution in [0.5, 0.6) is 34.5 Å². The monoisotopic (exact) mass is 948 g/mol. The van der Waals surface area contributed by atoms with Crippen molar-refractivity contribution in [2.45, 2.75) is 39.5 Å². The van der Waals surface area contributed by atoms with Crippen LogP contribution in [0.3, 0.4) is 0 Å². The van der Waals surface area contributed by atoms with E-state index in [9.17, 15) is 23.1 Å². The predicted molar refractivity (Wildman–Crippen MR) is 201 cm³/mol. The molecule has 4 aromatic carbocycles. The number of amides is 1. The highest BCUT2D eigenvalue weighted by molar-refractivity contribution is 9.11. The Labute approximate surface area is 317 Å². The Morgan fingerprint density at radius 3 is 1.57 bits per heavy atom. The van der Waals surface area contributed by atoms with Crippen LogP contribution < -0.4 is 24.1 Å². The van der Waals surface area contributed by atoms with Crippen molar-refractivity contribution >= 4 is 85.8 Å². The van der Waals surface area contributed by atoms with Gasteiger partial charge in [0.15, 0.2) is 11.5 Å². The van der Waals surface area contributed by atoms with E-state index in [0.29, 0.717) is 40.9 Å². The van der Waals surface area contributed by atoms with Gasteiger partial charge < -0.3 is 24.4 Å². The number of phenolic OH excluding ortho intramolecular Hbond substituents is 1. The summed E-state index contributed by atoms with van der Waals surface area (Å²) < 4.78 is 42.7. The van der Waals surface area contributed by atoms with E-state index in [1.807, 2.05) is 32.0 Å². The second kappa shape index (κ2) is 17.2. The van der Waals surface area contributed by atoms with E-state index < -0.39 is 22.1 Å². The number of nitrogens with one attached hydrogen (secondary N) is 1. The van der Waals surface area contributed by atoms with Gasteiger partial charge in [-0.05, 0) is 136 Å². The molecule has 16 heteroatoms. The number of nitrogens with two attached hydrogens (primary N) is 1. The topological polar surface area (TPSA) is 174 Å². The molecule has 0 fully saturated rings. The highest BCUT2D eigenvalue weighted by atomic mass is 79.9. The number of rotatable bonds is 10. The van der Waals surface area contributed by atoms with Gasteiger partial charge in [-0.1, -0.05) is 27.7 Å². The third-order valence-corrected chi connectivity index (χ3v) is 9.45. The van der Waals surface area contributed by atoms with Gasteiger partial charge in [0, 0.05) is 16.7 Å². The van der Waals surface area contributed by atoms with E-state index in [-0.39, 0.29) is 28.7 Å². The number of ether oxygens (including phenoxy) is 3. The molecule has 11 nitrogen and oxygen atoms in total. The fourth-order valence-corrected chi connectivity index (χ4v) is 7.35. The fraction of sp³-hybridized carbons (Fsp3) is 0.212. The molecule has 4 aromatic rings. The molecule has 4 rings (SSSR count). The molecule has 49 heavy (non-hydrogen) atoms. The highest BCUT2D eigenvalue weighted by Crippen LogP contribution is 2.41. The van der Waals surface area contributed by atoms with Gasteiger partial charge in [-0.25, -0.2) is 14.7 Å². The number of carboxylic acids is 1. The van der Waals surface area contributed by atoms with Crippen molar-refractivity contribution in [2.24, 2.45) is 5.14 Å². The van der Waals surface area contributed by atoms with Crippen LogP contribution in [0.2, 0.25) is 0 Å². The number of carbonyl (C=O) groups is 2. The summed E-state index contributed by atoms with van der Waals surface area (Å²) >= 11 is 13.3. The average Bonchev–Trinajstić information content (AvgIpc) is 3.00. The maximum Gasteiger partial charge on any atom is 0.335 e. The zero-order valence-corrected chi connectivity index (χ0v) is 33.8. The first kappa shape index (κ1) is 40.3. The largest absolute Gasteiger partial charge is 0.508 e. The predicted octanol–water partition coefficient (Wildman–Crippen LogP) is 9.60. The summed E-state index contributed by atoms with van der Waals surface area (Å²) in [6.07, 6.45) is 0. The van der Waals surface area contributed by atoms with E-state index in [1.165, 1.54) is 24.3 Å². The van der Waals surface area contributed by atoms with E-state index in [1.54, 1.807) is 30.0 Å². The maximum absolute atomic E-state index is 11.9. The Morgan fingerprint density at radius 2 is 1.16 bits per heavy atom. The van der Waals surface area contributed by atoms with Gasteiger partial charge in [0.25, 0.3) is 16.1 Å². The van der Waals surface area contributed by atoms with Crippen LogP contribution >= 0.6 is 63.7 Å². The minimum absolute atomic E-state index is 0.0682. The molecule has 0 aromatic heterocycles. The fourth-order valence-electron chi connectivity index (χ4n) is 4.28. The first-order chi connectivity index (χ1) is 22.8. The molecule has 0 heterocycles. The Kier molecular flexibility index (Phi) is 14.1. The number of hydrogen-bond acceptors (Lipinski definition) is 8. The number of hydrogen-bond donors (Lipinski definition) is 4. The number of carboxylic acid groups (broad SMARTS) is 1. The van der Waals surface area contributed by atoms with Crippen LogP contribution in [0.25, 0.3) is 0 Å². The zero-order valence-electron chi connectivity index (χ0n) is 26.7. The lowest BCUT2D eigenvalue weighted by Crippen LogP contribution is -2.35. The molecular weight excluding hydrogens is 920 g/mol. The molecule has 0 unspecified atom stereocenters. The Bertz CT molecular complexity index is 1940. The van der Waals surface area contributed by atoms with Crippen LogP contribution in [0.1, 0.15) is 71.4 Å². The summed E-state index contributed by atoms with van der Waals surface area (Å²) in [5.41, 5.74) is 2.02. The first-order valence-electron chi connectivity index (χ1n) is 14.2. The van der Waals surface area contributed by atoms with Crippen molar-refractivity contribution in [2.75, 3.05) is 7.11 Å². The van der Waals surface area contributed by atoms with E-state index >= 15 is 0 Å². The van der Waals surface area contributed by atoms with Gasteiger partial charge in [0.2, 0.25) is 0 Å². The van der Waals surface area contributed by atoms with Gasteiger partial charge in [0.1, 0.15) is 23.0 Å². The quantitative estimate of drug-likeness (QED) is 0.121. The Morgan fingerprint density at radius 1 is 0.735 bits per heavy atom. The number of aromatic hydroxyl groups is 1. The molecule has 5 N–H and O–H groups in total. The normalized spacial score (nSPS) is 11.1. The number of benzene rings is 4. The number of aromatic carboxylic acids is 1. The second-order valence-corrected chi connectivity index (χ2v) is 15.7. The van der Waals surface area contributed by atoms with Gasteiger partial charge in [-0.3, -0.25) is 4.79 Å². The molecule has 0 spiro atoms. The smallest absolute Gasteiger partial charge is 0.335 e. The van der Waals surface area contributed by atoms with Crippen LogP contribution in [-0.4, -0.2) is 37.6 Å². The first-order valence-corrected chi connectivity index (χ1v) is 19.0. The summed E-state index contributed by atoms with van der Waals surface area (Å²) in [6, 6.07) is 16.3. The lowest BCUT2D eigenvalue weighted by molar-refractivity contribution is 0.0696. The van der Waals surface area contributed by atoms with Gasteiger partial charge in [-0.15, -0.1) is 0 Å². The highest BCUT2D eigenvalue weighted by Gasteiger charge is 2.18. The minimum Gasteiger partial charge on any atom is -0.508 e. The summed E-state index contributed by atoms with van der Waals surface area (Å²) in [5, 5.41) is 23.8. The molecule has 0 bridgehead atoms. The molecule has 0 radical (unpaired) electrons. The van der Waals surface area contributed by atoms with Crippen LogP contribution in [0, 0.1) is 0 Å². The number of halogens is 4. The number of methoxy groups -OCH3 is 1. The summed E-state index contributed by atoms with van der Waals surface area (Å²) in [7, 11) is -2.52. The van der Waals surface area contributed by atoms with E-state index in [4.69, 9.17) is 24.5 Å². The summed E-state index contributed by atoms with van der Waals surface area (Å²) in [6.45, 7) is 8.05. The second-order valence-electron chi connectivity index (χ2n) is 11.0. The van der Waals surface area contributed by atoms with Gasteiger partial charge in [0.05, 0.1) is 30.6 Å². The Hall–Kier alpha value is -3.15. The van der Waals surface area contributed by atoms with Crippen molar-refractivity contribution in [1.29, 1.82) is 0 Å². The summed E-state index contributed by atoms with van der Waals surface area (Å²) in [4.78, 5) is 23.0. The molecule has 0 atom stereocenters. The molecule has 0 aliphatic heterocycles. The molecule has 0 saturated carbocycles. The van der Waals surface area contributed by atoms with Gasteiger partial charge >= 0.3 is 5.97 Å². The molecule has 0 saturated heterocycles. The standard InChI is InChI=1S/C17H16Br2O4.C16H16Br2N2O5S/c1-9(2)12-8-11(4-5-15(12)22-3)23-16-13(18)6-10(17(20)21)7-14(16)19;1-8(2)11-7-10(3-4-14(11)21)25-15-12(17)5-9(6-13(15)18)16(22)20-26(19,23)24/h4-9H,1-3H3,(H,20,21);3-8,21H,1-2H3,(H,20,22)(H2,19,23,24). The number of carbonyl (C=O) groups excluding carboxylic acids is 1. The van der Waals surface area contributed by atoms with Crippen molar-refractivity contribution in [1.82, 2.24) is 4.72 Å². The molecule has 0 aliphatic carbocycles. The lowest BCUT2D eigenvalue weighted by Gasteiger charge is -2.15. The van der Waals surface area contributed by atoms with Crippen LogP contribution in [-0.2, 0) is 10.2 Å². The van der Waals surface area contributed by atoms with Crippen molar-refractivity contribution in [3.8, 4) is 34.5 Å². The molecule has 262 valence electrons. The minimum atomic E-state index is -4.16. The van der Waals surface area contributed by atoms with Crippen molar-refractivity contribution < 1.29 is 42.4 Å². The lowest BCUT2D eigenvalue weighted by atomic mass is 10.0. The molecule has 1 amide bonds. The third kappa shape index (κ3) is 11.2. The summed E-state index contributed by atoms with van der Waals surface area (Å²) in [5.74, 6) is 1.58. The van der Waals surface area contributed by atoms with Gasteiger partial charge in [-0.2, -0.15) is 8.42 Å². The molecular formula is C33H32Br4N2O9S. The van der Waals surface area contributed by atoms with Crippen LogP contribution in [0.15, 0.2) is 78.6 Å². The van der Waals surface area contributed by atoms with Crippen LogP contribution in [0.4, 0.5) is 0 Å². The third-order valence-electron chi connectivity index (χ3n) is 6.62. The zero-order chi connectivity index (χ0) is 36.8.